The van der Waals surface area contributed by atoms with Crippen LogP contribution in [0.15, 0.2) is 0 Å². The van der Waals surface area contributed by atoms with Gasteiger partial charge < -0.3 is 5.73 Å². The third kappa shape index (κ3) is 0.924. The molecule has 0 saturated heterocycles. The maximum absolute atomic E-state index is 5.80. The zero-order chi connectivity index (χ0) is 8.72. The van der Waals surface area contributed by atoms with E-state index in [1.807, 2.05) is 0 Å². The van der Waals surface area contributed by atoms with Gasteiger partial charge in [0.05, 0.1) is 0 Å². The molecule has 0 amide bonds. The van der Waals surface area contributed by atoms with E-state index in [1.54, 1.807) is 0 Å². The van der Waals surface area contributed by atoms with E-state index in [2.05, 4.69) is 23.6 Å². The van der Waals surface area contributed by atoms with Crippen molar-refractivity contribution in [1.29, 1.82) is 0 Å². The minimum Gasteiger partial charge on any atom is -0.382 e. The largest absolute Gasteiger partial charge is 0.382 e. The van der Waals surface area contributed by atoms with Crippen molar-refractivity contribution in [2.75, 3.05) is 5.73 Å². The summed E-state index contributed by atoms with van der Waals surface area (Å²) in [6.45, 7) is 4.29. The predicted molar refractivity (Wildman–Crippen MR) is 49.0 cm³/mol. The highest BCUT2D eigenvalue weighted by Gasteiger charge is 2.21. The molecule has 3 nitrogen and oxygen atoms in total. The summed E-state index contributed by atoms with van der Waals surface area (Å²) in [5, 5.41) is 4.33. The molecule has 66 valence electrons. The summed E-state index contributed by atoms with van der Waals surface area (Å²) in [7, 11) is 0. The van der Waals surface area contributed by atoms with Crippen LogP contribution < -0.4 is 5.73 Å². The topological polar surface area (TPSA) is 43.8 Å². The lowest BCUT2D eigenvalue weighted by molar-refractivity contribution is 0.512. The highest BCUT2D eigenvalue weighted by atomic mass is 15.3. The second kappa shape index (κ2) is 2.51. The van der Waals surface area contributed by atoms with Gasteiger partial charge in [-0.15, -0.1) is 0 Å². The second-order valence-corrected chi connectivity index (χ2v) is 3.70. The molecule has 1 aliphatic carbocycles. The molecule has 0 spiro atoms. The summed E-state index contributed by atoms with van der Waals surface area (Å²) in [5.74, 6) is 0.746. The number of nitrogen functional groups attached to an aromatic ring is 1. The van der Waals surface area contributed by atoms with Crippen molar-refractivity contribution < 1.29 is 0 Å². The molecule has 3 heteroatoms. The van der Waals surface area contributed by atoms with Crippen molar-refractivity contribution in [2.45, 2.75) is 39.2 Å². The molecule has 0 atom stereocenters. The molecule has 0 aromatic carbocycles. The molecular weight excluding hydrogens is 150 g/mol. The number of anilines is 1. The van der Waals surface area contributed by atoms with E-state index in [9.17, 15) is 0 Å². The van der Waals surface area contributed by atoms with Gasteiger partial charge in [0.15, 0.2) is 0 Å². The highest BCUT2D eigenvalue weighted by molar-refractivity contribution is 5.45. The van der Waals surface area contributed by atoms with Crippen molar-refractivity contribution >= 4 is 5.82 Å². The SMILES string of the molecule is CC(C)n1nc(N)c2c1CCC2. The first kappa shape index (κ1) is 7.65. The molecule has 1 heterocycles. The summed E-state index contributed by atoms with van der Waals surface area (Å²) < 4.78 is 2.07. The van der Waals surface area contributed by atoms with Crippen molar-refractivity contribution in [3.63, 3.8) is 0 Å². The molecule has 2 rings (SSSR count). The Kier molecular flexibility index (Phi) is 1.60. The molecule has 0 saturated carbocycles. The van der Waals surface area contributed by atoms with E-state index in [-0.39, 0.29) is 0 Å². The van der Waals surface area contributed by atoms with Crippen LogP contribution in [0.3, 0.4) is 0 Å². The van der Waals surface area contributed by atoms with Gasteiger partial charge in [-0.25, -0.2) is 0 Å². The number of aromatic nitrogens is 2. The van der Waals surface area contributed by atoms with Crippen LogP contribution in [0.4, 0.5) is 5.82 Å². The molecule has 0 unspecified atom stereocenters. The number of rotatable bonds is 1. The van der Waals surface area contributed by atoms with E-state index in [1.165, 1.54) is 17.7 Å². The third-order valence-corrected chi connectivity index (χ3v) is 2.48. The zero-order valence-corrected chi connectivity index (χ0v) is 7.67. The fraction of sp³-hybridized carbons (Fsp3) is 0.667. The average molecular weight is 165 g/mol. The quantitative estimate of drug-likeness (QED) is 0.686. The molecule has 12 heavy (non-hydrogen) atoms. The Bertz CT molecular complexity index is 299. The normalized spacial score (nSPS) is 15.6. The second-order valence-electron chi connectivity index (χ2n) is 3.70. The zero-order valence-electron chi connectivity index (χ0n) is 7.67. The van der Waals surface area contributed by atoms with Crippen LogP contribution in [0.5, 0.6) is 0 Å². The van der Waals surface area contributed by atoms with Crippen molar-refractivity contribution in [2.24, 2.45) is 0 Å². The maximum Gasteiger partial charge on any atom is 0.148 e. The number of nitrogens with two attached hydrogens (primary N) is 1. The van der Waals surface area contributed by atoms with Gasteiger partial charge in [-0.2, -0.15) is 5.10 Å². The van der Waals surface area contributed by atoms with E-state index >= 15 is 0 Å². The summed E-state index contributed by atoms with van der Waals surface area (Å²) in [6, 6.07) is 0.439. The Hall–Kier alpha value is -0.990. The Balaban J connectivity index is 2.51. The maximum atomic E-state index is 5.80. The molecule has 0 radical (unpaired) electrons. The monoisotopic (exact) mass is 165 g/mol. The Labute approximate surface area is 72.6 Å². The first-order valence-corrected chi connectivity index (χ1v) is 4.56. The highest BCUT2D eigenvalue weighted by Crippen LogP contribution is 2.28. The van der Waals surface area contributed by atoms with Gasteiger partial charge in [0.1, 0.15) is 5.82 Å². The first-order chi connectivity index (χ1) is 5.70. The number of hydrogen-bond acceptors (Lipinski definition) is 2. The molecule has 0 bridgehead atoms. The van der Waals surface area contributed by atoms with Gasteiger partial charge in [-0.3, -0.25) is 4.68 Å². The van der Waals surface area contributed by atoms with Gasteiger partial charge >= 0.3 is 0 Å². The molecular formula is C9H15N3. The predicted octanol–water partition coefficient (Wildman–Crippen LogP) is 1.53. The Morgan fingerprint density at radius 2 is 2.17 bits per heavy atom. The van der Waals surface area contributed by atoms with Crippen molar-refractivity contribution in [3.05, 3.63) is 11.3 Å². The molecule has 0 fully saturated rings. The standard InChI is InChI=1S/C9H15N3/c1-6(2)12-8-5-3-4-7(8)9(10)11-12/h6H,3-5H2,1-2H3,(H2,10,11). The molecule has 2 N–H and O–H groups in total. The summed E-state index contributed by atoms with van der Waals surface area (Å²) >= 11 is 0. The van der Waals surface area contributed by atoms with Gasteiger partial charge in [0, 0.05) is 17.3 Å². The van der Waals surface area contributed by atoms with Crippen molar-refractivity contribution in [1.82, 2.24) is 9.78 Å². The fourth-order valence-electron chi connectivity index (χ4n) is 1.92. The van der Waals surface area contributed by atoms with E-state index < -0.39 is 0 Å². The molecule has 1 aromatic heterocycles. The summed E-state index contributed by atoms with van der Waals surface area (Å²) in [4.78, 5) is 0. The first-order valence-electron chi connectivity index (χ1n) is 4.56. The minimum atomic E-state index is 0.439. The lowest BCUT2D eigenvalue weighted by Crippen LogP contribution is -2.06. The summed E-state index contributed by atoms with van der Waals surface area (Å²) in [6.07, 6.45) is 3.51. The smallest absolute Gasteiger partial charge is 0.148 e. The Morgan fingerprint density at radius 1 is 1.42 bits per heavy atom. The average Bonchev–Trinajstić information content (AvgIpc) is 2.53. The van der Waals surface area contributed by atoms with E-state index in [4.69, 9.17) is 5.73 Å². The third-order valence-electron chi connectivity index (χ3n) is 2.48. The van der Waals surface area contributed by atoms with Crippen LogP contribution in [0.1, 0.15) is 37.6 Å². The fourth-order valence-corrected chi connectivity index (χ4v) is 1.92. The molecule has 1 aromatic rings. The van der Waals surface area contributed by atoms with E-state index in [0.29, 0.717) is 6.04 Å². The van der Waals surface area contributed by atoms with Crippen molar-refractivity contribution in [3.8, 4) is 0 Å². The Morgan fingerprint density at radius 3 is 2.83 bits per heavy atom. The van der Waals surface area contributed by atoms with Gasteiger partial charge in [-0.1, -0.05) is 0 Å². The lowest BCUT2D eigenvalue weighted by atomic mass is 10.2. The molecule has 1 aliphatic rings. The molecule has 0 aliphatic heterocycles. The van der Waals surface area contributed by atoms with Crippen LogP contribution in [0.25, 0.3) is 0 Å². The van der Waals surface area contributed by atoms with Crippen LogP contribution in [0.2, 0.25) is 0 Å². The van der Waals surface area contributed by atoms with Crippen LogP contribution in [0, 0.1) is 0 Å². The van der Waals surface area contributed by atoms with Gasteiger partial charge in [0.2, 0.25) is 0 Å². The van der Waals surface area contributed by atoms with E-state index in [0.717, 1.165) is 18.7 Å². The van der Waals surface area contributed by atoms with Gasteiger partial charge in [-0.05, 0) is 33.1 Å². The minimum absolute atomic E-state index is 0.439. The number of nitrogens with zero attached hydrogens (tertiary/aromatic N) is 2. The van der Waals surface area contributed by atoms with Crippen LogP contribution in [-0.2, 0) is 12.8 Å². The van der Waals surface area contributed by atoms with Crippen LogP contribution >= 0.6 is 0 Å². The van der Waals surface area contributed by atoms with Crippen LogP contribution in [-0.4, -0.2) is 9.78 Å². The summed E-state index contributed by atoms with van der Waals surface area (Å²) in [5.41, 5.74) is 8.46. The van der Waals surface area contributed by atoms with Gasteiger partial charge in [0.25, 0.3) is 0 Å². The number of fused-ring (bicyclic) bond motifs is 1. The number of hydrogen-bond donors (Lipinski definition) is 1. The lowest BCUT2D eigenvalue weighted by Gasteiger charge is -2.08.